The Morgan fingerprint density at radius 2 is 2.00 bits per heavy atom. The van der Waals surface area contributed by atoms with Crippen molar-refractivity contribution in [3.05, 3.63) is 41.2 Å². The quantitative estimate of drug-likeness (QED) is 0.683. The molecule has 2 unspecified atom stereocenters. The average Bonchev–Trinajstić information content (AvgIpc) is 2.49. The third kappa shape index (κ3) is 4.16. The molecule has 0 bridgehead atoms. The van der Waals surface area contributed by atoms with Gasteiger partial charge < -0.3 is 5.32 Å². The van der Waals surface area contributed by atoms with Gasteiger partial charge in [0.25, 0.3) is 5.91 Å². The number of carbonyl (C=O) groups excluding carboxylic acids is 1. The highest BCUT2D eigenvalue weighted by Crippen LogP contribution is 2.24. The van der Waals surface area contributed by atoms with Crippen molar-refractivity contribution in [1.29, 1.82) is 5.26 Å². The molecule has 0 radical (unpaired) electrons. The van der Waals surface area contributed by atoms with Gasteiger partial charge in [-0.25, -0.2) is 4.39 Å². The number of hydrogen-bond acceptors (Lipinski definition) is 2. The Bertz CT molecular complexity index is 571. The van der Waals surface area contributed by atoms with Gasteiger partial charge in [0.1, 0.15) is 17.5 Å². The number of hydrogen-bond donors (Lipinski definition) is 1. The summed E-state index contributed by atoms with van der Waals surface area (Å²) >= 11 is 0. The minimum Gasteiger partial charge on any atom is -0.348 e. The van der Waals surface area contributed by atoms with Crippen LogP contribution < -0.4 is 5.32 Å². The van der Waals surface area contributed by atoms with Gasteiger partial charge in [-0.1, -0.05) is 31.9 Å². The second-order valence-electron chi connectivity index (χ2n) is 5.56. The lowest BCUT2D eigenvalue weighted by molar-refractivity contribution is -0.118. The molecule has 0 heterocycles. The minimum atomic E-state index is -0.347. The highest BCUT2D eigenvalue weighted by atomic mass is 19.1. The van der Waals surface area contributed by atoms with Crippen LogP contribution in [-0.2, 0) is 4.79 Å². The topological polar surface area (TPSA) is 52.9 Å². The number of nitrogens with zero attached hydrogens (tertiary/aromatic N) is 1. The molecule has 1 aliphatic carbocycles. The van der Waals surface area contributed by atoms with E-state index < -0.39 is 0 Å². The van der Waals surface area contributed by atoms with Crippen LogP contribution in [0.2, 0.25) is 0 Å². The standard InChI is InChI=1S/C17H19FN2O/c1-12-4-2-3-5-16(12)20-17(21)14(11-19)10-13-6-8-15(18)9-7-13/h6-10,12,16H,2-5H2,1H3,(H,20,21)/b14-10-. The first-order valence-electron chi connectivity index (χ1n) is 7.28. The molecule has 1 fully saturated rings. The first-order chi connectivity index (χ1) is 10.1. The van der Waals surface area contributed by atoms with Crippen LogP contribution in [0.3, 0.4) is 0 Å². The van der Waals surface area contributed by atoms with Crippen molar-refractivity contribution >= 4 is 12.0 Å². The van der Waals surface area contributed by atoms with Gasteiger partial charge >= 0.3 is 0 Å². The Hall–Kier alpha value is -2.15. The number of nitriles is 1. The van der Waals surface area contributed by atoms with Crippen molar-refractivity contribution in [3.63, 3.8) is 0 Å². The van der Waals surface area contributed by atoms with E-state index >= 15 is 0 Å². The fourth-order valence-electron chi connectivity index (χ4n) is 2.65. The van der Waals surface area contributed by atoms with Gasteiger partial charge in [-0.15, -0.1) is 0 Å². The number of nitrogens with one attached hydrogen (secondary N) is 1. The van der Waals surface area contributed by atoms with E-state index in [0.717, 1.165) is 19.3 Å². The zero-order valence-electron chi connectivity index (χ0n) is 12.1. The molecule has 1 N–H and O–H groups in total. The molecule has 1 amide bonds. The molecule has 1 aliphatic rings. The summed E-state index contributed by atoms with van der Waals surface area (Å²) in [7, 11) is 0. The zero-order chi connectivity index (χ0) is 15.2. The maximum absolute atomic E-state index is 12.9. The summed E-state index contributed by atoms with van der Waals surface area (Å²) < 4.78 is 12.9. The molecule has 0 aliphatic heterocycles. The van der Waals surface area contributed by atoms with E-state index in [-0.39, 0.29) is 23.3 Å². The van der Waals surface area contributed by atoms with Gasteiger partial charge in [-0.3, -0.25) is 4.79 Å². The second kappa shape index (κ2) is 7.03. The third-order valence-corrected chi connectivity index (χ3v) is 3.97. The van der Waals surface area contributed by atoms with E-state index in [1.807, 2.05) is 6.07 Å². The number of amides is 1. The van der Waals surface area contributed by atoms with Gasteiger partial charge in [0.05, 0.1) is 0 Å². The predicted octanol–water partition coefficient (Wildman–Crippen LogP) is 3.43. The van der Waals surface area contributed by atoms with Crippen molar-refractivity contribution < 1.29 is 9.18 Å². The lowest BCUT2D eigenvalue weighted by Gasteiger charge is -2.29. The Labute approximate surface area is 124 Å². The van der Waals surface area contributed by atoms with Crippen LogP contribution in [0.25, 0.3) is 6.08 Å². The Morgan fingerprint density at radius 3 is 2.62 bits per heavy atom. The van der Waals surface area contributed by atoms with Crippen LogP contribution in [0.4, 0.5) is 4.39 Å². The molecule has 4 heteroatoms. The molecule has 3 nitrogen and oxygen atoms in total. The maximum atomic E-state index is 12.9. The first-order valence-corrected chi connectivity index (χ1v) is 7.28. The van der Waals surface area contributed by atoms with Crippen LogP contribution in [0.1, 0.15) is 38.2 Å². The molecule has 0 saturated heterocycles. The van der Waals surface area contributed by atoms with E-state index in [4.69, 9.17) is 5.26 Å². The van der Waals surface area contributed by atoms with Gasteiger partial charge in [0.15, 0.2) is 0 Å². The predicted molar refractivity (Wildman–Crippen MR) is 79.6 cm³/mol. The van der Waals surface area contributed by atoms with Crippen LogP contribution in [-0.4, -0.2) is 11.9 Å². The molecule has 1 aromatic carbocycles. The van der Waals surface area contributed by atoms with Gasteiger partial charge in [-0.2, -0.15) is 5.26 Å². The monoisotopic (exact) mass is 286 g/mol. The highest BCUT2D eigenvalue weighted by Gasteiger charge is 2.23. The number of rotatable bonds is 3. The fraction of sp³-hybridized carbons (Fsp3) is 0.412. The summed E-state index contributed by atoms with van der Waals surface area (Å²) in [6, 6.07) is 7.76. The molecule has 1 aromatic rings. The first kappa shape index (κ1) is 15.2. The Kier molecular flexibility index (Phi) is 5.10. The van der Waals surface area contributed by atoms with Crippen LogP contribution >= 0.6 is 0 Å². The smallest absolute Gasteiger partial charge is 0.262 e. The van der Waals surface area contributed by atoms with Crippen molar-refractivity contribution in [2.45, 2.75) is 38.6 Å². The largest absolute Gasteiger partial charge is 0.348 e. The lowest BCUT2D eigenvalue weighted by atomic mass is 9.86. The van der Waals surface area contributed by atoms with E-state index in [9.17, 15) is 9.18 Å². The van der Waals surface area contributed by atoms with Gasteiger partial charge in [-0.05, 0) is 42.5 Å². The molecule has 2 rings (SSSR count). The molecular formula is C17H19FN2O. The highest BCUT2D eigenvalue weighted by molar-refractivity contribution is 6.01. The maximum Gasteiger partial charge on any atom is 0.262 e. The molecule has 0 spiro atoms. The van der Waals surface area contributed by atoms with Gasteiger partial charge in [0, 0.05) is 6.04 Å². The summed E-state index contributed by atoms with van der Waals surface area (Å²) in [5.41, 5.74) is 0.694. The molecule has 21 heavy (non-hydrogen) atoms. The summed E-state index contributed by atoms with van der Waals surface area (Å²) in [5.74, 6) is -0.250. The van der Waals surface area contributed by atoms with Crippen molar-refractivity contribution in [3.8, 4) is 6.07 Å². The molecule has 0 aromatic heterocycles. The van der Waals surface area contributed by atoms with E-state index in [0.29, 0.717) is 11.5 Å². The average molecular weight is 286 g/mol. The Morgan fingerprint density at radius 1 is 1.33 bits per heavy atom. The molecular weight excluding hydrogens is 267 g/mol. The third-order valence-electron chi connectivity index (χ3n) is 3.97. The fourth-order valence-corrected chi connectivity index (χ4v) is 2.65. The van der Waals surface area contributed by atoms with Crippen molar-refractivity contribution in [2.75, 3.05) is 0 Å². The van der Waals surface area contributed by atoms with Crippen molar-refractivity contribution in [1.82, 2.24) is 5.32 Å². The lowest BCUT2D eigenvalue weighted by Crippen LogP contribution is -2.41. The number of benzene rings is 1. The van der Waals surface area contributed by atoms with Crippen LogP contribution in [0, 0.1) is 23.1 Å². The van der Waals surface area contributed by atoms with Crippen LogP contribution in [0.5, 0.6) is 0 Å². The molecule has 2 atom stereocenters. The van der Waals surface area contributed by atoms with Gasteiger partial charge in [0.2, 0.25) is 0 Å². The molecule has 110 valence electrons. The second-order valence-corrected chi connectivity index (χ2v) is 5.56. The van der Waals surface area contributed by atoms with E-state index in [2.05, 4.69) is 12.2 Å². The summed E-state index contributed by atoms with van der Waals surface area (Å²) in [6.45, 7) is 2.12. The number of halogens is 1. The normalized spacial score (nSPS) is 22.4. The summed E-state index contributed by atoms with van der Waals surface area (Å²) in [6.07, 6.45) is 5.86. The summed E-state index contributed by atoms with van der Waals surface area (Å²) in [4.78, 5) is 12.2. The SMILES string of the molecule is CC1CCCCC1NC(=O)/C(C#N)=C\c1ccc(F)cc1. The van der Waals surface area contributed by atoms with Crippen molar-refractivity contribution in [2.24, 2.45) is 5.92 Å². The summed E-state index contributed by atoms with van der Waals surface area (Å²) in [5, 5.41) is 12.1. The minimum absolute atomic E-state index is 0.0550. The molecule has 1 saturated carbocycles. The zero-order valence-corrected chi connectivity index (χ0v) is 12.1. The Balaban J connectivity index is 2.08. The van der Waals surface area contributed by atoms with E-state index in [1.54, 1.807) is 12.1 Å². The number of carbonyl (C=O) groups is 1. The van der Waals surface area contributed by atoms with E-state index in [1.165, 1.54) is 24.6 Å². The van der Waals surface area contributed by atoms with Crippen LogP contribution in [0.15, 0.2) is 29.8 Å².